The molecule has 0 fully saturated rings. The number of benzene rings is 2. The summed E-state index contributed by atoms with van der Waals surface area (Å²) in [6, 6.07) is 13.4. The van der Waals surface area contributed by atoms with Gasteiger partial charge in [0.2, 0.25) is 0 Å². The van der Waals surface area contributed by atoms with E-state index in [0.29, 0.717) is 0 Å². The average molecular weight is 401 g/mol. The van der Waals surface area contributed by atoms with Gasteiger partial charge in [-0.25, -0.2) is 13.2 Å². The Morgan fingerprint density at radius 3 is 2.46 bits per heavy atom. The monoisotopic (exact) mass is 401 g/mol. The first-order chi connectivity index (χ1) is 13.3. The molecular weight excluding hydrogens is 378 g/mol. The molecule has 0 unspecified atom stereocenters. The van der Waals surface area contributed by atoms with Crippen molar-refractivity contribution >= 4 is 21.7 Å². The SMILES string of the molecule is C[C@H](OC(=O)c1ccc(S(C)(=O)=O)cc1)C(=O)N[C@H]1CCCc2ccccc21. The van der Waals surface area contributed by atoms with Crippen LogP contribution in [0.4, 0.5) is 0 Å². The highest BCUT2D eigenvalue weighted by Gasteiger charge is 2.25. The van der Waals surface area contributed by atoms with Crippen LogP contribution in [0.25, 0.3) is 0 Å². The van der Waals surface area contributed by atoms with Crippen molar-refractivity contribution in [1.29, 1.82) is 0 Å². The van der Waals surface area contributed by atoms with Gasteiger partial charge >= 0.3 is 5.97 Å². The van der Waals surface area contributed by atoms with Crippen molar-refractivity contribution < 1.29 is 22.7 Å². The summed E-state index contributed by atoms with van der Waals surface area (Å²) in [6.45, 7) is 1.52. The fourth-order valence-electron chi connectivity index (χ4n) is 3.31. The summed E-state index contributed by atoms with van der Waals surface area (Å²) in [4.78, 5) is 24.9. The number of fused-ring (bicyclic) bond motifs is 1. The molecule has 0 saturated carbocycles. The van der Waals surface area contributed by atoms with Crippen LogP contribution < -0.4 is 5.32 Å². The van der Waals surface area contributed by atoms with Crippen LogP contribution in [0.3, 0.4) is 0 Å². The Balaban J connectivity index is 1.62. The maximum Gasteiger partial charge on any atom is 0.338 e. The van der Waals surface area contributed by atoms with E-state index in [2.05, 4.69) is 11.4 Å². The van der Waals surface area contributed by atoms with Crippen molar-refractivity contribution in [2.45, 2.75) is 43.2 Å². The van der Waals surface area contributed by atoms with Crippen LogP contribution in [0.1, 0.15) is 47.3 Å². The van der Waals surface area contributed by atoms with Crippen molar-refractivity contribution in [2.24, 2.45) is 0 Å². The predicted octanol–water partition coefficient (Wildman–Crippen LogP) is 2.83. The molecule has 0 aliphatic heterocycles. The molecule has 2 atom stereocenters. The van der Waals surface area contributed by atoms with Gasteiger partial charge in [0.1, 0.15) is 0 Å². The molecule has 2 aromatic carbocycles. The number of hydrogen-bond donors (Lipinski definition) is 1. The van der Waals surface area contributed by atoms with Gasteiger partial charge < -0.3 is 10.1 Å². The predicted molar refractivity (Wildman–Crippen MR) is 105 cm³/mol. The third-order valence-electron chi connectivity index (χ3n) is 4.86. The molecule has 148 valence electrons. The van der Waals surface area contributed by atoms with E-state index >= 15 is 0 Å². The minimum atomic E-state index is -3.34. The number of ether oxygens (including phenoxy) is 1. The van der Waals surface area contributed by atoms with Gasteiger partial charge in [-0.05, 0) is 61.6 Å². The molecule has 1 amide bonds. The lowest BCUT2D eigenvalue weighted by atomic mass is 9.87. The van der Waals surface area contributed by atoms with Crippen LogP contribution in [0, 0.1) is 0 Å². The maximum absolute atomic E-state index is 12.5. The Kier molecular flexibility index (Phi) is 5.84. The molecule has 0 saturated heterocycles. The first-order valence-corrected chi connectivity index (χ1v) is 11.0. The van der Waals surface area contributed by atoms with E-state index in [1.807, 2.05) is 18.2 Å². The smallest absolute Gasteiger partial charge is 0.338 e. The van der Waals surface area contributed by atoms with E-state index in [9.17, 15) is 18.0 Å². The second-order valence-corrected chi connectivity index (χ2v) is 9.01. The van der Waals surface area contributed by atoms with Gasteiger partial charge in [-0.1, -0.05) is 24.3 Å². The average Bonchev–Trinajstić information content (AvgIpc) is 2.67. The third kappa shape index (κ3) is 4.59. The van der Waals surface area contributed by atoms with E-state index in [1.54, 1.807) is 0 Å². The molecule has 6 nitrogen and oxygen atoms in total. The molecule has 7 heteroatoms. The Labute approximate surface area is 164 Å². The number of carbonyl (C=O) groups is 2. The fraction of sp³-hybridized carbons (Fsp3) is 0.333. The molecule has 2 aromatic rings. The lowest BCUT2D eigenvalue weighted by Crippen LogP contribution is -2.39. The molecule has 1 aliphatic carbocycles. The lowest BCUT2D eigenvalue weighted by molar-refractivity contribution is -0.130. The molecule has 0 radical (unpaired) electrons. The molecule has 1 N–H and O–H groups in total. The first-order valence-electron chi connectivity index (χ1n) is 9.15. The molecule has 28 heavy (non-hydrogen) atoms. The number of hydrogen-bond acceptors (Lipinski definition) is 5. The van der Waals surface area contributed by atoms with E-state index in [4.69, 9.17) is 4.74 Å². The Morgan fingerprint density at radius 1 is 1.11 bits per heavy atom. The summed E-state index contributed by atoms with van der Waals surface area (Å²) in [5, 5.41) is 2.97. The van der Waals surface area contributed by atoms with Crippen molar-refractivity contribution in [3.05, 3.63) is 65.2 Å². The zero-order chi connectivity index (χ0) is 20.3. The topological polar surface area (TPSA) is 89.5 Å². The van der Waals surface area contributed by atoms with Gasteiger partial charge in [-0.2, -0.15) is 0 Å². The van der Waals surface area contributed by atoms with Crippen molar-refractivity contribution in [3.8, 4) is 0 Å². The zero-order valence-electron chi connectivity index (χ0n) is 15.8. The van der Waals surface area contributed by atoms with Gasteiger partial charge in [0.15, 0.2) is 15.9 Å². The number of esters is 1. The molecule has 1 aliphatic rings. The highest BCUT2D eigenvalue weighted by Crippen LogP contribution is 2.29. The Hall–Kier alpha value is -2.67. The maximum atomic E-state index is 12.5. The fourth-order valence-corrected chi connectivity index (χ4v) is 3.94. The van der Waals surface area contributed by atoms with E-state index < -0.39 is 21.9 Å². The zero-order valence-corrected chi connectivity index (χ0v) is 16.7. The van der Waals surface area contributed by atoms with E-state index in [1.165, 1.54) is 36.8 Å². The summed E-state index contributed by atoms with van der Waals surface area (Å²) in [5.41, 5.74) is 2.53. The van der Waals surface area contributed by atoms with Crippen molar-refractivity contribution in [2.75, 3.05) is 6.26 Å². The van der Waals surface area contributed by atoms with Gasteiger partial charge in [-0.15, -0.1) is 0 Å². The quantitative estimate of drug-likeness (QED) is 0.778. The van der Waals surface area contributed by atoms with Gasteiger partial charge in [-0.3, -0.25) is 4.79 Å². The van der Waals surface area contributed by atoms with Crippen LogP contribution in [0.5, 0.6) is 0 Å². The second-order valence-electron chi connectivity index (χ2n) is 7.00. The normalized spacial score (nSPS) is 17.3. The standard InChI is InChI=1S/C21H23NO5S/c1-14(27-21(24)16-10-12-17(13-11-16)28(2,25)26)20(23)22-19-9-5-7-15-6-3-4-8-18(15)19/h3-4,6,8,10-14,19H,5,7,9H2,1-2H3,(H,22,23)/t14-,19-/m0/s1. The summed E-state index contributed by atoms with van der Waals surface area (Å²) >= 11 is 0. The largest absolute Gasteiger partial charge is 0.449 e. The number of amides is 1. The van der Waals surface area contributed by atoms with Crippen molar-refractivity contribution in [1.82, 2.24) is 5.32 Å². The molecule has 0 heterocycles. The van der Waals surface area contributed by atoms with Crippen molar-refractivity contribution in [3.63, 3.8) is 0 Å². The van der Waals surface area contributed by atoms with E-state index in [0.717, 1.165) is 31.1 Å². The highest BCUT2D eigenvalue weighted by atomic mass is 32.2. The molecule has 3 rings (SSSR count). The number of rotatable bonds is 5. The highest BCUT2D eigenvalue weighted by molar-refractivity contribution is 7.90. The molecule has 0 bridgehead atoms. The summed E-state index contributed by atoms with van der Waals surface area (Å²) in [7, 11) is -3.34. The molecular formula is C21H23NO5S. The van der Waals surface area contributed by atoms with E-state index in [-0.39, 0.29) is 22.4 Å². The summed E-state index contributed by atoms with van der Waals surface area (Å²) in [5.74, 6) is -1.03. The minimum absolute atomic E-state index is 0.0901. The summed E-state index contributed by atoms with van der Waals surface area (Å²) < 4.78 is 28.2. The van der Waals surface area contributed by atoms with Crippen LogP contribution in [0.15, 0.2) is 53.4 Å². The number of nitrogens with one attached hydrogen (secondary N) is 1. The van der Waals surface area contributed by atoms with Crippen LogP contribution >= 0.6 is 0 Å². The third-order valence-corrected chi connectivity index (χ3v) is 5.99. The van der Waals surface area contributed by atoms with Gasteiger partial charge in [0, 0.05) is 6.26 Å². The van der Waals surface area contributed by atoms with Crippen LogP contribution in [-0.4, -0.2) is 32.7 Å². The Morgan fingerprint density at radius 2 is 1.79 bits per heavy atom. The number of sulfone groups is 1. The molecule has 0 spiro atoms. The molecule has 0 aromatic heterocycles. The first kappa shape index (κ1) is 20.1. The Bertz CT molecular complexity index is 982. The van der Waals surface area contributed by atoms with Gasteiger partial charge in [0.25, 0.3) is 5.91 Å². The van der Waals surface area contributed by atoms with Gasteiger partial charge in [0.05, 0.1) is 16.5 Å². The summed E-state index contributed by atoms with van der Waals surface area (Å²) in [6.07, 6.45) is 2.96. The number of aryl methyl sites for hydroxylation is 1. The van der Waals surface area contributed by atoms with Crippen LogP contribution in [-0.2, 0) is 25.8 Å². The second kappa shape index (κ2) is 8.14. The van der Waals surface area contributed by atoms with Crippen LogP contribution in [0.2, 0.25) is 0 Å². The minimum Gasteiger partial charge on any atom is -0.449 e. The lowest BCUT2D eigenvalue weighted by Gasteiger charge is -2.27. The number of carbonyl (C=O) groups excluding carboxylic acids is 2.